The Kier molecular flexibility index (Phi) is 8.83. The molecule has 0 amide bonds. The first kappa shape index (κ1) is 18.7. The first-order valence-corrected chi connectivity index (χ1v) is 8.34. The van der Waals surface area contributed by atoms with E-state index in [1.807, 2.05) is 18.2 Å². The number of ether oxygens (including phenoxy) is 2. The Labute approximate surface area is 135 Å². The van der Waals surface area contributed by atoms with Crippen molar-refractivity contribution in [1.82, 2.24) is 0 Å². The molecule has 0 radical (unpaired) electrons. The van der Waals surface area contributed by atoms with Gasteiger partial charge in [-0.05, 0) is 30.2 Å². The predicted octanol–water partition coefficient (Wildman–Crippen LogP) is 4.74. The number of hydrogen-bond acceptors (Lipinski definition) is 3. The summed E-state index contributed by atoms with van der Waals surface area (Å²) in [5.41, 5.74) is 1.40. The number of benzene rings is 1. The van der Waals surface area contributed by atoms with E-state index in [1.165, 1.54) is 12.7 Å². The van der Waals surface area contributed by atoms with Gasteiger partial charge in [-0.15, -0.1) is 0 Å². The van der Waals surface area contributed by atoms with Gasteiger partial charge in [0.25, 0.3) is 0 Å². The largest absolute Gasteiger partial charge is 0.469 e. The third kappa shape index (κ3) is 6.61. The van der Waals surface area contributed by atoms with Crippen molar-refractivity contribution in [3.05, 3.63) is 35.9 Å². The van der Waals surface area contributed by atoms with Gasteiger partial charge in [-0.2, -0.15) is 0 Å². The van der Waals surface area contributed by atoms with Crippen LogP contribution in [-0.2, 0) is 20.9 Å². The van der Waals surface area contributed by atoms with Gasteiger partial charge in [-0.3, -0.25) is 4.79 Å². The average Bonchev–Trinajstić information content (AvgIpc) is 2.57. The van der Waals surface area contributed by atoms with E-state index in [2.05, 4.69) is 26.0 Å². The van der Waals surface area contributed by atoms with Crippen molar-refractivity contribution in [3.63, 3.8) is 0 Å². The SMILES string of the molecule is CCC[C@](CC)(CCOCc1ccccc1)CCC(=O)OC. The maximum Gasteiger partial charge on any atom is 0.305 e. The highest BCUT2D eigenvalue weighted by atomic mass is 16.5. The molecule has 22 heavy (non-hydrogen) atoms. The van der Waals surface area contributed by atoms with Crippen LogP contribution in [0.2, 0.25) is 0 Å². The van der Waals surface area contributed by atoms with E-state index >= 15 is 0 Å². The molecule has 0 aromatic heterocycles. The molecule has 1 aromatic rings. The molecule has 0 aliphatic rings. The van der Waals surface area contributed by atoms with Crippen LogP contribution in [0, 0.1) is 5.41 Å². The Bertz CT molecular complexity index is 416. The molecular formula is C19H30O3. The standard InChI is InChI=1S/C19H30O3/c1-4-12-19(5-2,13-11-18(20)21-3)14-15-22-16-17-9-7-6-8-10-17/h6-10H,4-5,11-16H2,1-3H3/t19-/m0/s1. The maximum absolute atomic E-state index is 11.4. The van der Waals surface area contributed by atoms with Crippen LogP contribution in [0.3, 0.4) is 0 Å². The molecule has 0 saturated heterocycles. The molecule has 0 fully saturated rings. The Morgan fingerprint density at radius 3 is 2.41 bits per heavy atom. The van der Waals surface area contributed by atoms with Crippen LogP contribution < -0.4 is 0 Å². The molecule has 0 unspecified atom stereocenters. The van der Waals surface area contributed by atoms with Gasteiger partial charge in [0, 0.05) is 13.0 Å². The zero-order chi connectivity index (χ0) is 16.3. The molecule has 124 valence electrons. The fourth-order valence-corrected chi connectivity index (χ4v) is 2.96. The third-order valence-corrected chi connectivity index (χ3v) is 4.51. The monoisotopic (exact) mass is 306 g/mol. The number of methoxy groups -OCH3 is 1. The highest BCUT2D eigenvalue weighted by Crippen LogP contribution is 2.37. The minimum Gasteiger partial charge on any atom is -0.469 e. The summed E-state index contributed by atoms with van der Waals surface area (Å²) >= 11 is 0. The maximum atomic E-state index is 11.4. The fourth-order valence-electron chi connectivity index (χ4n) is 2.96. The number of esters is 1. The van der Waals surface area contributed by atoms with Crippen molar-refractivity contribution in [2.24, 2.45) is 5.41 Å². The summed E-state index contributed by atoms with van der Waals surface area (Å²) in [5.74, 6) is -0.112. The van der Waals surface area contributed by atoms with Crippen molar-refractivity contribution in [2.75, 3.05) is 13.7 Å². The van der Waals surface area contributed by atoms with Crippen LogP contribution in [0.15, 0.2) is 30.3 Å². The summed E-state index contributed by atoms with van der Waals surface area (Å²) in [4.78, 5) is 11.4. The normalized spacial score (nSPS) is 13.6. The Morgan fingerprint density at radius 1 is 1.09 bits per heavy atom. The minimum absolute atomic E-state index is 0.112. The molecule has 1 rings (SSSR count). The van der Waals surface area contributed by atoms with Crippen molar-refractivity contribution in [2.45, 2.75) is 59.0 Å². The van der Waals surface area contributed by atoms with Gasteiger partial charge in [0.15, 0.2) is 0 Å². The van der Waals surface area contributed by atoms with Crippen molar-refractivity contribution < 1.29 is 14.3 Å². The van der Waals surface area contributed by atoms with Gasteiger partial charge < -0.3 is 9.47 Å². The lowest BCUT2D eigenvalue weighted by Gasteiger charge is -2.32. The summed E-state index contributed by atoms with van der Waals surface area (Å²) in [6, 6.07) is 10.2. The highest BCUT2D eigenvalue weighted by molar-refractivity contribution is 5.69. The van der Waals surface area contributed by atoms with Crippen molar-refractivity contribution in [3.8, 4) is 0 Å². The van der Waals surface area contributed by atoms with E-state index in [0.717, 1.165) is 38.7 Å². The smallest absolute Gasteiger partial charge is 0.305 e. The summed E-state index contributed by atoms with van der Waals surface area (Å²) in [7, 11) is 1.46. The van der Waals surface area contributed by atoms with E-state index in [0.29, 0.717) is 13.0 Å². The van der Waals surface area contributed by atoms with Crippen LogP contribution in [-0.4, -0.2) is 19.7 Å². The fraction of sp³-hybridized carbons (Fsp3) is 0.632. The van der Waals surface area contributed by atoms with Gasteiger partial charge in [-0.25, -0.2) is 0 Å². The van der Waals surface area contributed by atoms with E-state index in [9.17, 15) is 4.79 Å². The molecule has 1 aromatic carbocycles. The predicted molar refractivity (Wildman–Crippen MR) is 89.6 cm³/mol. The van der Waals surface area contributed by atoms with E-state index in [4.69, 9.17) is 9.47 Å². The Morgan fingerprint density at radius 2 is 1.82 bits per heavy atom. The molecule has 3 nitrogen and oxygen atoms in total. The topological polar surface area (TPSA) is 35.5 Å². The van der Waals surface area contributed by atoms with Crippen LogP contribution >= 0.6 is 0 Å². The molecule has 0 bridgehead atoms. The molecule has 0 aliphatic carbocycles. The zero-order valence-corrected chi connectivity index (χ0v) is 14.3. The second kappa shape index (κ2) is 10.4. The lowest BCUT2D eigenvalue weighted by molar-refractivity contribution is -0.141. The summed E-state index contributed by atoms with van der Waals surface area (Å²) in [5, 5.41) is 0. The number of carbonyl (C=O) groups excluding carboxylic acids is 1. The van der Waals surface area contributed by atoms with Crippen molar-refractivity contribution in [1.29, 1.82) is 0 Å². The second-order valence-corrected chi connectivity index (χ2v) is 5.97. The van der Waals surface area contributed by atoms with Gasteiger partial charge in [0.1, 0.15) is 0 Å². The molecule has 0 N–H and O–H groups in total. The Hall–Kier alpha value is -1.35. The van der Waals surface area contributed by atoms with Gasteiger partial charge in [-0.1, -0.05) is 57.0 Å². The van der Waals surface area contributed by atoms with Crippen molar-refractivity contribution >= 4 is 5.97 Å². The summed E-state index contributed by atoms with van der Waals surface area (Å²) in [6.07, 6.45) is 5.73. The molecule has 0 aliphatic heterocycles. The van der Waals surface area contributed by atoms with Crippen LogP contribution in [0.5, 0.6) is 0 Å². The van der Waals surface area contributed by atoms with E-state index in [-0.39, 0.29) is 11.4 Å². The lowest BCUT2D eigenvalue weighted by atomic mass is 9.74. The van der Waals surface area contributed by atoms with Gasteiger partial charge >= 0.3 is 5.97 Å². The van der Waals surface area contributed by atoms with Crippen LogP contribution in [0.1, 0.15) is 57.9 Å². The summed E-state index contributed by atoms with van der Waals surface area (Å²) in [6.45, 7) is 5.81. The first-order chi connectivity index (χ1) is 10.7. The van der Waals surface area contributed by atoms with Crippen LogP contribution in [0.25, 0.3) is 0 Å². The zero-order valence-electron chi connectivity index (χ0n) is 14.3. The average molecular weight is 306 g/mol. The molecule has 0 saturated carbocycles. The molecular weight excluding hydrogens is 276 g/mol. The molecule has 0 heterocycles. The van der Waals surface area contributed by atoms with E-state index in [1.54, 1.807) is 0 Å². The molecule has 1 atom stereocenters. The lowest BCUT2D eigenvalue weighted by Crippen LogP contribution is -2.23. The number of rotatable bonds is 11. The highest BCUT2D eigenvalue weighted by Gasteiger charge is 2.27. The third-order valence-electron chi connectivity index (χ3n) is 4.51. The second-order valence-electron chi connectivity index (χ2n) is 5.97. The first-order valence-electron chi connectivity index (χ1n) is 8.34. The summed E-state index contributed by atoms with van der Waals surface area (Å²) < 4.78 is 10.6. The number of carbonyl (C=O) groups is 1. The molecule has 0 spiro atoms. The number of hydrogen-bond donors (Lipinski definition) is 0. The quantitative estimate of drug-likeness (QED) is 0.437. The van der Waals surface area contributed by atoms with E-state index < -0.39 is 0 Å². The van der Waals surface area contributed by atoms with Gasteiger partial charge in [0.05, 0.1) is 13.7 Å². The Balaban J connectivity index is 2.44. The van der Waals surface area contributed by atoms with Crippen LogP contribution in [0.4, 0.5) is 0 Å². The van der Waals surface area contributed by atoms with Gasteiger partial charge in [0.2, 0.25) is 0 Å². The minimum atomic E-state index is -0.112. The molecule has 3 heteroatoms.